The number of carbonyl (C=O) groups excluding carboxylic acids is 1. The van der Waals surface area contributed by atoms with Crippen LogP contribution in [0.25, 0.3) is 0 Å². The van der Waals surface area contributed by atoms with Crippen LogP contribution in [0.2, 0.25) is 0 Å². The van der Waals surface area contributed by atoms with Crippen LogP contribution in [-0.4, -0.2) is 62.1 Å². The predicted octanol–water partition coefficient (Wildman–Crippen LogP) is 11.0. The standard InChI is InChI=1S/C37H76N2O2/c1-6-9-12-15-19-24-29-36(30-25-20-16-13-10-7-2)41-37(40)31-26-21-18-23-28-33-39(35-34-38(4)5)32-27-22-17-14-11-8-3/h36H,6-35H2,1-5H3. The summed E-state index contributed by atoms with van der Waals surface area (Å²) in [5.41, 5.74) is 0. The highest BCUT2D eigenvalue weighted by Crippen LogP contribution is 2.18. The summed E-state index contributed by atoms with van der Waals surface area (Å²) >= 11 is 0. The number of esters is 1. The molecule has 41 heavy (non-hydrogen) atoms. The molecule has 0 spiro atoms. The van der Waals surface area contributed by atoms with E-state index in [1.807, 2.05) is 0 Å². The first-order valence-corrected chi connectivity index (χ1v) is 18.6. The summed E-state index contributed by atoms with van der Waals surface area (Å²) in [5, 5.41) is 0. The molecule has 0 bridgehead atoms. The van der Waals surface area contributed by atoms with Gasteiger partial charge in [0.1, 0.15) is 6.10 Å². The van der Waals surface area contributed by atoms with Gasteiger partial charge in [-0.15, -0.1) is 0 Å². The van der Waals surface area contributed by atoms with E-state index in [9.17, 15) is 4.79 Å². The van der Waals surface area contributed by atoms with Gasteiger partial charge in [0.25, 0.3) is 0 Å². The Labute approximate surface area is 259 Å². The van der Waals surface area contributed by atoms with Gasteiger partial charge in [-0.25, -0.2) is 0 Å². The number of carbonyl (C=O) groups is 1. The zero-order valence-electron chi connectivity index (χ0n) is 29.0. The Balaban J connectivity index is 4.16. The average molecular weight is 581 g/mol. The third-order valence-corrected chi connectivity index (χ3v) is 8.60. The van der Waals surface area contributed by atoms with Crippen molar-refractivity contribution in [3.8, 4) is 0 Å². The van der Waals surface area contributed by atoms with Crippen molar-refractivity contribution in [1.29, 1.82) is 0 Å². The molecule has 4 heteroatoms. The van der Waals surface area contributed by atoms with Gasteiger partial charge < -0.3 is 14.5 Å². The minimum atomic E-state index is 0.0563. The van der Waals surface area contributed by atoms with Crippen molar-refractivity contribution in [1.82, 2.24) is 9.80 Å². The largest absolute Gasteiger partial charge is 0.462 e. The van der Waals surface area contributed by atoms with Gasteiger partial charge in [0, 0.05) is 19.5 Å². The van der Waals surface area contributed by atoms with Crippen LogP contribution in [0.3, 0.4) is 0 Å². The van der Waals surface area contributed by atoms with Crippen LogP contribution in [0.4, 0.5) is 0 Å². The van der Waals surface area contributed by atoms with E-state index in [-0.39, 0.29) is 12.1 Å². The van der Waals surface area contributed by atoms with Crippen LogP contribution in [0, 0.1) is 0 Å². The molecule has 0 atom stereocenters. The Bertz CT molecular complexity index is 509. The lowest BCUT2D eigenvalue weighted by Gasteiger charge is -2.24. The number of rotatable bonds is 33. The fraction of sp³-hybridized carbons (Fsp3) is 0.973. The van der Waals surface area contributed by atoms with Crippen LogP contribution >= 0.6 is 0 Å². The summed E-state index contributed by atoms with van der Waals surface area (Å²) < 4.78 is 6.03. The number of hydrogen-bond donors (Lipinski definition) is 0. The molecule has 0 radical (unpaired) electrons. The van der Waals surface area contributed by atoms with Gasteiger partial charge in [-0.3, -0.25) is 4.79 Å². The van der Waals surface area contributed by atoms with E-state index in [0.29, 0.717) is 6.42 Å². The molecule has 4 nitrogen and oxygen atoms in total. The summed E-state index contributed by atoms with van der Waals surface area (Å²) in [4.78, 5) is 17.6. The van der Waals surface area contributed by atoms with Gasteiger partial charge in [0.05, 0.1) is 0 Å². The first kappa shape index (κ1) is 40.4. The van der Waals surface area contributed by atoms with Crippen LogP contribution in [0.1, 0.15) is 188 Å². The number of unbranched alkanes of at least 4 members (excludes halogenated alkanes) is 19. The van der Waals surface area contributed by atoms with Crippen LogP contribution in [-0.2, 0) is 9.53 Å². The second-order valence-corrected chi connectivity index (χ2v) is 13.2. The van der Waals surface area contributed by atoms with Crippen molar-refractivity contribution in [3.05, 3.63) is 0 Å². The summed E-state index contributed by atoms with van der Waals surface area (Å²) in [5.74, 6) is 0.0563. The van der Waals surface area contributed by atoms with Crippen molar-refractivity contribution >= 4 is 5.97 Å². The Kier molecular flexibility index (Phi) is 31.8. The molecule has 0 heterocycles. The van der Waals surface area contributed by atoms with Crippen molar-refractivity contribution in [2.45, 2.75) is 194 Å². The molecule has 0 saturated carbocycles. The lowest BCUT2D eigenvalue weighted by Crippen LogP contribution is -2.33. The Morgan fingerprint density at radius 3 is 1.32 bits per heavy atom. The van der Waals surface area contributed by atoms with Crippen LogP contribution < -0.4 is 0 Å². The number of ether oxygens (including phenoxy) is 1. The van der Waals surface area contributed by atoms with Gasteiger partial charge in [0.2, 0.25) is 0 Å². The molecule has 0 rings (SSSR count). The maximum Gasteiger partial charge on any atom is 0.306 e. The molecule has 0 aliphatic heterocycles. The molecule has 0 aromatic rings. The van der Waals surface area contributed by atoms with Crippen molar-refractivity contribution in [2.75, 3.05) is 40.3 Å². The molecular formula is C37H76N2O2. The van der Waals surface area contributed by atoms with Crippen molar-refractivity contribution in [3.63, 3.8) is 0 Å². The minimum absolute atomic E-state index is 0.0563. The highest BCUT2D eigenvalue weighted by atomic mass is 16.5. The Morgan fingerprint density at radius 2 is 0.878 bits per heavy atom. The van der Waals surface area contributed by atoms with Gasteiger partial charge in [-0.05, 0) is 72.1 Å². The van der Waals surface area contributed by atoms with E-state index in [1.165, 1.54) is 154 Å². The number of likely N-dealkylation sites (N-methyl/N-ethyl adjacent to an activating group) is 1. The van der Waals surface area contributed by atoms with E-state index < -0.39 is 0 Å². The molecular weight excluding hydrogens is 504 g/mol. The lowest BCUT2D eigenvalue weighted by atomic mass is 10.0. The molecule has 0 unspecified atom stereocenters. The molecule has 0 aliphatic rings. The van der Waals surface area contributed by atoms with Crippen LogP contribution in [0.5, 0.6) is 0 Å². The minimum Gasteiger partial charge on any atom is -0.462 e. The molecule has 0 N–H and O–H groups in total. The third kappa shape index (κ3) is 30.6. The van der Waals surface area contributed by atoms with Gasteiger partial charge in [0.15, 0.2) is 0 Å². The molecule has 0 saturated heterocycles. The number of nitrogens with zero attached hydrogens (tertiary/aromatic N) is 2. The lowest BCUT2D eigenvalue weighted by molar-refractivity contribution is -0.150. The molecule has 0 aromatic carbocycles. The molecule has 0 fully saturated rings. The highest BCUT2D eigenvalue weighted by molar-refractivity contribution is 5.69. The zero-order valence-corrected chi connectivity index (χ0v) is 29.0. The zero-order chi connectivity index (χ0) is 30.2. The first-order valence-electron chi connectivity index (χ1n) is 18.6. The smallest absolute Gasteiger partial charge is 0.306 e. The SMILES string of the molecule is CCCCCCCCC(CCCCCCCC)OC(=O)CCCCCCCN(CCCCCCCC)CCN(C)C. The van der Waals surface area contributed by atoms with E-state index >= 15 is 0 Å². The monoisotopic (exact) mass is 581 g/mol. The van der Waals surface area contributed by atoms with Crippen molar-refractivity contribution in [2.24, 2.45) is 0 Å². The summed E-state index contributed by atoms with van der Waals surface area (Å²) in [6, 6.07) is 0. The van der Waals surface area contributed by atoms with Crippen LogP contribution in [0.15, 0.2) is 0 Å². The Hall–Kier alpha value is -0.610. The second kappa shape index (κ2) is 32.3. The second-order valence-electron chi connectivity index (χ2n) is 13.2. The van der Waals surface area contributed by atoms with Crippen molar-refractivity contribution < 1.29 is 9.53 Å². The van der Waals surface area contributed by atoms with Gasteiger partial charge in [-0.1, -0.05) is 136 Å². The quantitative estimate of drug-likeness (QED) is 0.0571. The fourth-order valence-corrected chi connectivity index (χ4v) is 5.74. The third-order valence-electron chi connectivity index (χ3n) is 8.60. The van der Waals surface area contributed by atoms with E-state index in [0.717, 1.165) is 32.2 Å². The molecule has 0 aromatic heterocycles. The molecule has 0 aliphatic carbocycles. The van der Waals surface area contributed by atoms with E-state index in [4.69, 9.17) is 4.74 Å². The van der Waals surface area contributed by atoms with E-state index in [1.54, 1.807) is 0 Å². The number of hydrogen-bond acceptors (Lipinski definition) is 4. The molecule has 246 valence electrons. The predicted molar refractivity (Wildman–Crippen MR) is 182 cm³/mol. The maximum atomic E-state index is 12.7. The maximum absolute atomic E-state index is 12.7. The summed E-state index contributed by atoms with van der Waals surface area (Å²) in [7, 11) is 4.36. The fourth-order valence-electron chi connectivity index (χ4n) is 5.74. The van der Waals surface area contributed by atoms with Gasteiger partial charge in [-0.2, -0.15) is 0 Å². The summed E-state index contributed by atoms with van der Waals surface area (Å²) in [6.07, 6.45) is 32.8. The topological polar surface area (TPSA) is 32.8 Å². The Morgan fingerprint density at radius 1 is 0.488 bits per heavy atom. The first-order chi connectivity index (χ1) is 20.0. The van der Waals surface area contributed by atoms with Gasteiger partial charge >= 0.3 is 5.97 Å². The average Bonchev–Trinajstić information content (AvgIpc) is 2.95. The normalized spacial score (nSPS) is 11.8. The van der Waals surface area contributed by atoms with E-state index in [2.05, 4.69) is 44.7 Å². The summed E-state index contributed by atoms with van der Waals surface area (Å²) in [6.45, 7) is 11.7. The molecule has 0 amide bonds. The highest BCUT2D eigenvalue weighted by Gasteiger charge is 2.14.